The highest BCUT2D eigenvalue weighted by molar-refractivity contribution is 5.81. The smallest absolute Gasteiger partial charge is 0.239 e. The van der Waals surface area contributed by atoms with E-state index in [1.165, 1.54) is 0 Å². The Labute approximate surface area is 108 Å². The predicted octanol–water partition coefficient (Wildman–Crippen LogP) is 2.04. The highest BCUT2D eigenvalue weighted by Gasteiger charge is 2.23. The van der Waals surface area contributed by atoms with Crippen LogP contribution in [-0.2, 0) is 4.79 Å². The van der Waals surface area contributed by atoms with Crippen LogP contribution in [0, 0.1) is 0 Å². The van der Waals surface area contributed by atoms with E-state index < -0.39 is 6.04 Å². The Bertz CT molecular complexity index is 407. The van der Waals surface area contributed by atoms with Crippen molar-refractivity contribution in [3.05, 3.63) is 29.8 Å². The van der Waals surface area contributed by atoms with Crippen LogP contribution in [0.2, 0.25) is 0 Å². The zero-order valence-electron chi connectivity index (χ0n) is 11.3. The first-order valence-electron chi connectivity index (χ1n) is 6.29. The van der Waals surface area contributed by atoms with Gasteiger partial charge in [0.15, 0.2) is 0 Å². The molecule has 0 aliphatic heterocycles. The highest BCUT2D eigenvalue weighted by Crippen LogP contribution is 2.27. The Hall–Kier alpha value is -1.55. The Morgan fingerprint density at radius 2 is 2.06 bits per heavy atom. The second-order valence-corrected chi connectivity index (χ2v) is 4.58. The molecule has 4 nitrogen and oxygen atoms in total. The van der Waals surface area contributed by atoms with Crippen molar-refractivity contribution in [3.63, 3.8) is 0 Å². The van der Waals surface area contributed by atoms with Crippen LogP contribution in [0.4, 0.5) is 0 Å². The first-order chi connectivity index (χ1) is 8.49. The molecule has 0 radical (unpaired) electrons. The summed E-state index contributed by atoms with van der Waals surface area (Å²) in [4.78, 5) is 13.7. The number of aromatic hydroxyl groups is 1. The number of hydrogen-bond donors (Lipinski definition) is 2. The summed E-state index contributed by atoms with van der Waals surface area (Å²) < 4.78 is 0. The summed E-state index contributed by atoms with van der Waals surface area (Å²) in [5, 5.41) is 9.78. The second kappa shape index (κ2) is 6.40. The molecule has 0 saturated carbocycles. The minimum Gasteiger partial charge on any atom is -0.508 e. The van der Waals surface area contributed by atoms with E-state index in [1.807, 2.05) is 26.0 Å². The number of nitrogens with zero attached hydrogens (tertiary/aromatic N) is 1. The van der Waals surface area contributed by atoms with Gasteiger partial charge in [0.05, 0.1) is 12.1 Å². The average molecular weight is 250 g/mol. The number of rotatable bonds is 5. The predicted molar refractivity (Wildman–Crippen MR) is 72.2 cm³/mol. The largest absolute Gasteiger partial charge is 0.508 e. The van der Waals surface area contributed by atoms with Crippen LogP contribution in [0.15, 0.2) is 24.3 Å². The zero-order chi connectivity index (χ0) is 13.7. The van der Waals surface area contributed by atoms with Crippen LogP contribution in [0.1, 0.15) is 38.3 Å². The maximum Gasteiger partial charge on any atom is 0.239 e. The maximum absolute atomic E-state index is 12.1. The lowest BCUT2D eigenvalue weighted by Crippen LogP contribution is -2.42. The molecule has 1 aromatic rings. The van der Waals surface area contributed by atoms with Crippen molar-refractivity contribution in [1.29, 1.82) is 0 Å². The topological polar surface area (TPSA) is 66.6 Å². The van der Waals surface area contributed by atoms with Gasteiger partial charge < -0.3 is 15.7 Å². The van der Waals surface area contributed by atoms with Crippen molar-refractivity contribution in [2.24, 2.45) is 5.73 Å². The fraction of sp³-hybridized carbons (Fsp3) is 0.500. The number of nitrogens with two attached hydrogens (primary N) is 1. The van der Waals surface area contributed by atoms with Crippen LogP contribution in [0.5, 0.6) is 5.75 Å². The van der Waals surface area contributed by atoms with E-state index in [2.05, 4.69) is 0 Å². The van der Waals surface area contributed by atoms with Crippen molar-refractivity contribution in [3.8, 4) is 5.75 Å². The third-order valence-electron chi connectivity index (χ3n) is 3.23. The Balaban J connectivity index is 2.81. The quantitative estimate of drug-likeness (QED) is 0.840. The Morgan fingerprint density at radius 1 is 1.44 bits per heavy atom. The van der Waals surface area contributed by atoms with Gasteiger partial charge in [-0.15, -0.1) is 0 Å². The average Bonchev–Trinajstić information content (AvgIpc) is 2.37. The minimum atomic E-state index is -0.465. The molecule has 0 aliphatic carbocycles. The van der Waals surface area contributed by atoms with Gasteiger partial charge in [-0.3, -0.25) is 4.79 Å². The molecule has 0 aromatic heterocycles. The minimum absolute atomic E-state index is 0.0902. The van der Waals surface area contributed by atoms with Gasteiger partial charge in [0.2, 0.25) is 5.91 Å². The summed E-state index contributed by atoms with van der Waals surface area (Å²) >= 11 is 0. The van der Waals surface area contributed by atoms with Crippen LogP contribution in [-0.4, -0.2) is 29.0 Å². The highest BCUT2D eigenvalue weighted by atomic mass is 16.3. The van der Waals surface area contributed by atoms with Crippen LogP contribution < -0.4 is 5.73 Å². The lowest BCUT2D eigenvalue weighted by atomic mass is 10.0. The molecule has 2 unspecified atom stereocenters. The summed E-state index contributed by atoms with van der Waals surface area (Å²) in [5.74, 6) is 0.112. The van der Waals surface area contributed by atoms with Gasteiger partial charge in [-0.25, -0.2) is 0 Å². The van der Waals surface area contributed by atoms with Crippen molar-refractivity contribution in [2.45, 2.75) is 38.8 Å². The molecule has 0 heterocycles. The number of para-hydroxylation sites is 1. The second-order valence-electron chi connectivity index (χ2n) is 4.58. The summed E-state index contributed by atoms with van der Waals surface area (Å²) in [6.45, 7) is 3.88. The number of hydrogen-bond acceptors (Lipinski definition) is 3. The van der Waals surface area contributed by atoms with Crippen LogP contribution >= 0.6 is 0 Å². The molecule has 1 rings (SSSR count). The summed E-state index contributed by atoms with van der Waals surface area (Å²) in [6, 6.07) is 6.38. The first-order valence-corrected chi connectivity index (χ1v) is 6.29. The van der Waals surface area contributed by atoms with Crippen molar-refractivity contribution < 1.29 is 9.90 Å². The molecule has 18 heavy (non-hydrogen) atoms. The van der Waals surface area contributed by atoms with E-state index >= 15 is 0 Å². The third-order valence-corrected chi connectivity index (χ3v) is 3.23. The summed E-state index contributed by atoms with van der Waals surface area (Å²) in [5.41, 5.74) is 6.56. The van der Waals surface area contributed by atoms with E-state index in [0.717, 1.165) is 12.0 Å². The monoisotopic (exact) mass is 250 g/mol. The number of carbonyl (C=O) groups excluding carboxylic acids is 1. The van der Waals surface area contributed by atoms with Crippen molar-refractivity contribution in [2.75, 3.05) is 7.05 Å². The molecule has 0 aliphatic rings. The lowest BCUT2D eigenvalue weighted by Gasteiger charge is -2.28. The number of phenolic OH excluding ortho intramolecular Hbond substituents is 1. The van der Waals surface area contributed by atoms with Gasteiger partial charge in [-0.1, -0.05) is 31.5 Å². The van der Waals surface area contributed by atoms with E-state index in [-0.39, 0.29) is 17.7 Å². The molecule has 1 amide bonds. The van der Waals surface area contributed by atoms with Gasteiger partial charge in [-0.05, 0) is 19.4 Å². The number of amides is 1. The zero-order valence-corrected chi connectivity index (χ0v) is 11.3. The third kappa shape index (κ3) is 3.23. The van der Waals surface area contributed by atoms with E-state index in [9.17, 15) is 9.90 Å². The first kappa shape index (κ1) is 14.5. The fourth-order valence-electron chi connectivity index (χ4n) is 1.94. The van der Waals surface area contributed by atoms with Gasteiger partial charge in [-0.2, -0.15) is 0 Å². The molecule has 4 heteroatoms. The molecule has 1 aromatic carbocycles. The fourth-order valence-corrected chi connectivity index (χ4v) is 1.94. The van der Waals surface area contributed by atoms with E-state index in [1.54, 1.807) is 24.1 Å². The number of likely N-dealkylation sites (N-methyl/N-ethyl adjacent to an activating group) is 1. The maximum atomic E-state index is 12.1. The number of carbonyl (C=O) groups is 1. The Morgan fingerprint density at radius 3 is 2.61 bits per heavy atom. The number of benzene rings is 1. The molecular formula is C14H22N2O2. The van der Waals surface area contributed by atoms with Gasteiger partial charge >= 0.3 is 0 Å². The molecule has 100 valence electrons. The standard InChI is InChI=1S/C14H22N2O2/c1-4-7-12(15)14(18)16(3)10(2)11-8-5-6-9-13(11)17/h5-6,8-10,12,17H,4,7,15H2,1-3H3. The summed E-state index contributed by atoms with van der Waals surface area (Å²) in [7, 11) is 1.72. The van der Waals surface area contributed by atoms with Gasteiger partial charge in [0, 0.05) is 12.6 Å². The van der Waals surface area contributed by atoms with Crippen LogP contribution in [0.25, 0.3) is 0 Å². The van der Waals surface area contributed by atoms with Crippen molar-refractivity contribution >= 4 is 5.91 Å². The van der Waals surface area contributed by atoms with Gasteiger partial charge in [0.25, 0.3) is 0 Å². The molecule has 0 spiro atoms. The molecule has 2 atom stereocenters. The summed E-state index contributed by atoms with van der Waals surface area (Å²) in [6.07, 6.45) is 1.56. The lowest BCUT2D eigenvalue weighted by molar-refractivity contribution is -0.133. The molecular weight excluding hydrogens is 228 g/mol. The molecule has 0 fully saturated rings. The molecule has 3 N–H and O–H groups in total. The van der Waals surface area contributed by atoms with Gasteiger partial charge in [0.1, 0.15) is 5.75 Å². The molecule has 0 saturated heterocycles. The van der Waals surface area contributed by atoms with Crippen molar-refractivity contribution in [1.82, 2.24) is 4.90 Å². The Kier molecular flexibility index (Phi) is 5.16. The van der Waals surface area contributed by atoms with Crippen LogP contribution in [0.3, 0.4) is 0 Å². The molecule has 0 bridgehead atoms. The normalized spacial score (nSPS) is 14.0. The van der Waals surface area contributed by atoms with E-state index in [4.69, 9.17) is 5.73 Å². The van der Waals surface area contributed by atoms with E-state index in [0.29, 0.717) is 6.42 Å². The number of phenols is 1. The SMILES string of the molecule is CCCC(N)C(=O)N(C)C(C)c1ccccc1O.